The summed E-state index contributed by atoms with van der Waals surface area (Å²) in [5.41, 5.74) is 0.931. The molecule has 0 radical (unpaired) electrons. The molecule has 0 amide bonds. The molecule has 1 fully saturated rings. The number of fused-ring (bicyclic) bond motifs is 1. The average Bonchev–Trinajstić information content (AvgIpc) is 2.98. The van der Waals surface area contributed by atoms with Gasteiger partial charge in [0.15, 0.2) is 5.11 Å². The Bertz CT molecular complexity index is 720. The van der Waals surface area contributed by atoms with Crippen molar-refractivity contribution in [3.05, 3.63) is 29.1 Å². The molecule has 1 saturated carbocycles. The molecular formula is C17H20N2O2S2. The van der Waals surface area contributed by atoms with E-state index in [1.165, 1.54) is 50.6 Å². The first-order valence-corrected chi connectivity index (χ1v) is 9.07. The zero-order valence-electron chi connectivity index (χ0n) is 13.1. The molecule has 23 heavy (non-hydrogen) atoms. The summed E-state index contributed by atoms with van der Waals surface area (Å²) in [4.78, 5) is 12.2. The van der Waals surface area contributed by atoms with Gasteiger partial charge in [-0.05, 0) is 54.7 Å². The van der Waals surface area contributed by atoms with Gasteiger partial charge in [0.2, 0.25) is 0 Å². The lowest BCUT2D eigenvalue weighted by Crippen LogP contribution is -2.38. The fourth-order valence-corrected chi connectivity index (χ4v) is 4.17. The van der Waals surface area contributed by atoms with Crippen molar-refractivity contribution in [3.8, 4) is 0 Å². The van der Waals surface area contributed by atoms with E-state index in [-0.39, 0.29) is 5.97 Å². The molecular weight excluding hydrogens is 328 g/mol. The summed E-state index contributed by atoms with van der Waals surface area (Å²) in [6, 6.07) is 8.33. The number of hydrogen-bond donors (Lipinski definition) is 2. The van der Waals surface area contributed by atoms with Gasteiger partial charge in [0.1, 0.15) is 4.88 Å². The predicted octanol–water partition coefficient (Wildman–Crippen LogP) is 4.31. The van der Waals surface area contributed by atoms with E-state index in [1.54, 1.807) is 0 Å². The molecule has 0 aliphatic heterocycles. The summed E-state index contributed by atoms with van der Waals surface area (Å²) in [7, 11) is 1.40. The standard InChI is InChI=1S/C17H20N2O2S2/c1-21-16(20)15-10-11-9-13(7-8-14(11)23-15)19-17(22)18-12-5-3-2-4-6-12/h7-10,12H,2-6H2,1H3,(H2,18,19,22). The smallest absolute Gasteiger partial charge is 0.348 e. The van der Waals surface area contributed by atoms with Crippen LogP contribution in [0.2, 0.25) is 0 Å². The van der Waals surface area contributed by atoms with Crippen LogP contribution in [0.3, 0.4) is 0 Å². The minimum atomic E-state index is -0.296. The molecule has 1 aromatic carbocycles. The summed E-state index contributed by atoms with van der Waals surface area (Å²) in [5.74, 6) is -0.296. The number of methoxy groups -OCH3 is 1. The number of carbonyl (C=O) groups excluding carboxylic acids is 1. The van der Waals surface area contributed by atoms with Crippen molar-refractivity contribution < 1.29 is 9.53 Å². The number of hydrogen-bond acceptors (Lipinski definition) is 4. The van der Waals surface area contributed by atoms with E-state index in [2.05, 4.69) is 10.6 Å². The van der Waals surface area contributed by atoms with Gasteiger partial charge in [-0.15, -0.1) is 11.3 Å². The second-order valence-corrected chi connectivity index (χ2v) is 7.28. The number of nitrogens with one attached hydrogen (secondary N) is 2. The highest BCUT2D eigenvalue weighted by atomic mass is 32.1. The zero-order valence-corrected chi connectivity index (χ0v) is 14.7. The largest absolute Gasteiger partial charge is 0.465 e. The number of anilines is 1. The third kappa shape index (κ3) is 4.00. The Labute approximate surface area is 145 Å². The van der Waals surface area contributed by atoms with Crippen molar-refractivity contribution in [1.82, 2.24) is 5.32 Å². The van der Waals surface area contributed by atoms with Crippen molar-refractivity contribution in [2.45, 2.75) is 38.1 Å². The van der Waals surface area contributed by atoms with Crippen LogP contribution < -0.4 is 10.6 Å². The lowest BCUT2D eigenvalue weighted by molar-refractivity contribution is 0.0606. The summed E-state index contributed by atoms with van der Waals surface area (Å²) >= 11 is 6.85. The van der Waals surface area contributed by atoms with E-state index in [9.17, 15) is 4.79 Å². The molecule has 0 spiro atoms. The van der Waals surface area contributed by atoms with Crippen LogP contribution in [0.4, 0.5) is 5.69 Å². The third-order valence-electron chi connectivity index (χ3n) is 4.10. The highest BCUT2D eigenvalue weighted by Gasteiger charge is 2.14. The van der Waals surface area contributed by atoms with Crippen molar-refractivity contribution in [1.29, 1.82) is 0 Å². The molecule has 1 aliphatic rings. The average molecular weight is 348 g/mol. The molecule has 0 unspecified atom stereocenters. The van der Waals surface area contributed by atoms with Crippen molar-refractivity contribution in [3.63, 3.8) is 0 Å². The molecule has 3 rings (SSSR count). The predicted molar refractivity (Wildman–Crippen MR) is 99.4 cm³/mol. The van der Waals surface area contributed by atoms with E-state index in [4.69, 9.17) is 17.0 Å². The fraction of sp³-hybridized carbons (Fsp3) is 0.412. The Balaban J connectivity index is 1.67. The Morgan fingerprint density at radius 2 is 2.04 bits per heavy atom. The van der Waals surface area contributed by atoms with Gasteiger partial charge in [0.25, 0.3) is 0 Å². The molecule has 6 heteroatoms. The second-order valence-electron chi connectivity index (χ2n) is 5.79. The first-order valence-electron chi connectivity index (χ1n) is 7.85. The second kappa shape index (κ2) is 7.27. The van der Waals surface area contributed by atoms with Crippen LogP contribution in [-0.4, -0.2) is 24.2 Å². The van der Waals surface area contributed by atoms with E-state index >= 15 is 0 Å². The van der Waals surface area contributed by atoms with Crippen molar-refractivity contribution >= 4 is 50.4 Å². The monoisotopic (exact) mass is 348 g/mol. The number of benzene rings is 1. The lowest BCUT2D eigenvalue weighted by Gasteiger charge is -2.24. The minimum Gasteiger partial charge on any atom is -0.465 e. The minimum absolute atomic E-state index is 0.296. The van der Waals surface area contributed by atoms with Gasteiger partial charge >= 0.3 is 5.97 Å². The maximum absolute atomic E-state index is 11.6. The van der Waals surface area contributed by atoms with Gasteiger partial charge in [0.05, 0.1) is 7.11 Å². The van der Waals surface area contributed by atoms with E-state index in [1.807, 2.05) is 24.3 Å². The van der Waals surface area contributed by atoms with Gasteiger partial charge in [0, 0.05) is 16.4 Å². The maximum Gasteiger partial charge on any atom is 0.348 e. The number of esters is 1. The molecule has 2 aromatic rings. The first kappa shape index (κ1) is 16.2. The van der Waals surface area contributed by atoms with Gasteiger partial charge in [-0.25, -0.2) is 4.79 Å². The maximum atomic E-state index is 11.6. The topological polar surface area (TPSA) is 50.4 Å². The number of thiophene rings is 1. The Morgan fingerprint density at radius 1 is 1.26 bits per heavy atom. The van der Waals surface area contributed by atoms with Crippen LogP contribution in [0.1, 0.15) is 41.8 Å². The van der Waals surface area contributed by atoms with Crippen LogP contribution in [0.15, 0.2) is 24.3 Å². The summed E-state index contributed by atoms with van der Waals surface area (Å²) in [6.07, 6.45) is 6.26. The van der Waals surface area contributed by atoms with Crippen molar-refractivity contribution in [2.75, 3.05) is 12.4 Å². The highest BCUT2D eigenvalue weighted by molar-refractivity contribution is 7.80. The SMILES string of the molecule is COC(=O)c1cc2cc(NC(=S)NC3CCCCC3)ccc2s1. The Kier molecular flexibility index (Phi) is 5.13. The summed E-state index contributed by atoms with van der Waals surface area (Å²) in [6.45, 7) is 0. The molecule has 0 bridgehead atoms. The number of rotatable bonds is 3. The molecule has 0 saturated heterocycles. The van der Waals surface area contributed by atoms with Gasteiger partial charge in [-0.1, -0.05) is 19.3 Å². The normalized spacial score (nSPS) is 15.3. The molecule has 2 N–H and O–H groups in total. The van der Waals surface area contributed by atoms with Crippen LogP contribution >= 0.6 is 23.6 Å². The number of carbonyl (C=O) groups is 1. The van der Waals surface area contributed by atoms with Crippen molar-refractivity contribution in [2.24, 2.45) is 0 Å². The zero-order chi connectivity index (χ0) is 16.2. The van der Waals surface area contributed by atoms with Gasteiger partial charge in [-0.2, -0.15) is 0 Å². The van der Waals surface area contributed by atoms with Crippen LogP contribution in [-0.2, 0) is 4.74 Å². The van der Waals surface area contributed by atoms with Crippen LogP contribution in [0.5, 0.6) is 0 Å². The third-order valence-corrected chi connectivity index (χ3v) is 5.42. The molecule has 122 valence electrons. The van der Waals surface area contributed by atoms with E-state index < -0.39 is 0 Å². The quantitative estimate of drug-likeness (QED) is 0.639. The Morgan fingerprint density at radius 3 is 2.78 bits per heavy atom. The molecule has 0 atom stereocenters. The molecule has 1 aromatic heterocycles. The van der Waals surface area contributed by atoms with Crippen LogP contribution in [0, 0.1) is 0 Å². The van der Waals surface area contributed by atoms with Gasteiger partial charge < -0.3 is 15.4 Å². The number of thiocarbonyl (C=S) groups is 1. The molecule has 4 nitrogen and oxygen atoms in total. The number of ether oxygens (including phenoxy) is 1. The summed E-state index contributed by atoms with van der Waals surface area (Å²) < 4.78 is 5.83. The lowest BCUT2D eigenvalue weighted by atomic mass is 9.96. The molecule has 1 aliphatic carbocycles. The van der Waals surface area contributed by atoms with Gasteiger partial charge in [-0.3, -0.25) is 0 Å². The summed E-state index contributed by atoms with van der Waals surface area (Å²) in [5, 5.41) is 8.32. The van der Waals surface area contributed by atoms with E-state index in [0.717, 1.165) is 15.8 Å². The highest BCUT2D eigenvalue weighted by Crippen LogP contribution is 2.28. The fourth-order valence-electron chi connectivity index (χ4n) is 2.92. The van der Waals surface area contributed by atoms with E-state index in [0.29, 0.717) is 16.0 Å². The Hall–Kier alpha value is -1.66. The van der Waals surface area contributed by atoms with Crippen LogP contribution in [0.25, 0.3) is 10.1 Å². The molecule has 1 heterocycles. The first-order chi connectivity index (χ1) is 11.2.